The monoisotopic (exact) mass is 262 g/mol. The summed E-state index contributed by atoms with van der Waals surface area (Å²) in [5.74, 6) is 1.20. The fourth-order valence-electron chi connectivity index (χ4n) is 3.03. The van der Waals surface area contributed by atoms with E-state index in [1.165, 1.54) is 50.9 Å². The minimum absolute atomic E-state index is 0.759. The lowest BCUT2D eigenvalue weighted by Crippen LogP contribution is -2.36. The highest BCUT2D eigenvalue weighted by atomic mass is 15.1. The molecule has 19 heavy (non-hydrogen) atoms. The highest BCUT2D eigenvalue weighted by Crippen LogP contribution is 2.20. The molecule has 1 atom stereocenters. The molecular formula is C15H26N4. The van der Waals surface area contributed by atoms with Gasteiger partial charge >= 0.3 is 0 Å². The van der Waals surface area contributed by atoms with E-state index in [1.807, 2.05) is 6.20 Å². The third-order valence-corrected chi connectivity index (χ3v) is 4.55. The van der Waals surface area contributed by atoms with Crippen LogP contribution in [-0.2, 0) is 13.1 Å². The van der Waals surface area contributed by atoms with Gasteiger partial charge in [-0.05, 0) is 45.7 Å². The van der Waals surface area contributed by atoms with E-state index in [4.69, 9.17) is 0 Å². The number of aromatic nitrogens is 2. The minimum Gasteiger partial charge on any atom is -0.334 e. The van der Waals surface area contributed by atoms with Crippen LogP contribution in [0.15, 0.2) is 12.4 Å². The number of piperidine rings is 1. The van der Waals surface area contributed by atoms with Crippen molar-refractivity contribution in [2.24, 2.45) is 0 Å². The molecular weight excluding hydrogens is 236 g/mol. The smallest absolute Gasteiger partial charge is 0.122 e. The summed E-state index contributed by atoms with van der Waals surface area (Å²) in [6.07, 6.45) is 12.1. The molecule has 1 aliphatic carbocycles. The molecule has 0 amide bonds. The van der Waals surface area contributed by atoms with E-state index < -0.39 is 0 Å². The second-order valence-corrected chi connectivity index (χ2v) is 6.11. The number of likely N-dealkylation sites (tertiary alicyclic amines) is 1. The molecule has 1 saturated heterocycles. The largest absolute Gasteiger partial charge is 0.334 e. The van der Waals surface area contributed by atoms with Crippen LogP contribution in [0.4, 0.5) is 0 Å². The number of rotatable bonds is 6. The lowest BCUT2D eigenvalue weighted by Gasteiger charge is -2.32. The standard InChI is InChI=1S/C15H26N4/c1-18-9-3-2-4-14(18)7-10-19-11-8-16-15(19)12-17-13-5-6-13/h8,11,13-14,17H,2-7,9-10,12H2,1H3. The first-order valence-electron chi connectivity index (χ1n) is 7.76. The van der Waals surface area contributed by atoms with Crippen molar-refractivity contribution >= 4 is 0 Å². The lowest BCUT2D eigenvalue weighted by molar-refractivity contribution is 0.170. The van der Waals surface area contributed by atoms with Gasteiger partial charge < -0.3 is 14.8 Å². The molecule has 2 heterocycles. The number of aryl methyl sites for hydroxylation is 1. The first-order valence-corrected chi connectivity index (χ1v) is 7.76. The average molecular weight is 262 g/mol. The highest BCUT2D eigenvalue weighted by molar-refractivity contribution is 4.94. The van der Waals surface area contributed by atoms with Crippen LogP contribution in [0, 0.1) is 0 Å². The van der Waals surface area contributed by atoms with Gasteiger partial charge in [0.1, 0.15) is 5.82 Å². The quantitative estimate of drug-likeness (QED) is 0.851. The third-order valence-electron chi connectivity index (χ3n) is 4.55. The summed E-state index contributed by atoms with van der Waals surface area (Å²) in [4.78, 5) is 7.02. The Labute approximate surface area is 116 Å². The number of nitrogens with one attached hydrogen (secondary N) is 1. The molecule has 1 saturated carbocycles. The Kier molecular flexibility index (Phi) is 4.18. The van der Waals surface area contributed by atoms with Crippen LogP contribution in [0.1, 0.15) is 44.3 Å². The predicted octanol–water partition coefficient (Wildman–Crippen LogP) is 2.01. The topological polar surface area (TPSA) is 33.1 Å². The normalized spacial score (nSPS) is 24.8. The van der Waals surface area contributed by atoms with Gasteiger partial charge in [0, 0.05) is 31.0 Å². The average Bonchev–Trinajstić information content (AvgIpc) is 3.14. The Morgan fingerprint density at radius 2 is 2.21 bits per heavy atom. The van der Waals surface area contributed by atoms with Crippen molar-refractivity contribution in [3.63, 3.8) is 0 Å². The van der Waals surface area contributed by atoms with E-state index in [1.54, 1.807) is 0 Å². The van der Waals surface area contributed by atoms with Crippen LogP contribution in [-0.4, -0.2) is 40.1 Å². The van der Waals surface area contributed by atoms with Gasteiger partial charge in [0.2, 0.25) is 0 Å². The first-order chi connectivity index (χ1) is 9.33. The highest BCUT2D eigenvalue weighted by Gasteiger charge is 2.21. The van der Waals surface area contributed by atoms with E-state index in [-0.39, 0.29) is 0 Å². The van der Waals surface area contributed by atoms with Gasteiger partial charge in [-0.15, -0.1) is 0 Å². The second-order valence-electron chi connectivity index (χ2n) is 6.11. The molecule has 2 fully saturated rings. The van der Waals surface area contributed by atoms with Crippen molar-refractivity contribution in [2.45, 2.75) is 63.7 Å². The van der Waals surface area contributed by atoms with E-state index >= 15 is 0 Å². The van der Waals surface area contributed by atoms with Crippen LogP contribution in [0.2, 0.25) is 0 Å². The molecule has 1 aliphatic heterocycles. The number of nitrogens with zero attached hydrogens (tertiary/aromatic N) is 3. The number of imidazole rings is 1. The molecule has 3 rings (SSSR count). The molecule has 4 heteroatoms. The van der Waals surface area contributed by atoms with Crippen LogP contribution in [0.25, 0.3) is 0 Å². The molecule has 0 bridgehead atoms. The van der Waals surface area contributed by atoms with Gasteiger partial charge in [-0.3, -0.25) is 0 Å². The van der Waals surface area contributed by atoms with Crippen LogP contribution in [0.5, 0.6) is 0 Å². The second kappa shape index (κ2) is 6.06. The van der Waals surface area contributed by atoms with Crippen molar-refractivity contribution in [3.05, 3.63) is 18.2 Å². The molecule has 0 aromatic carbocycles. The molecule has 4 nitrogen and oxygen atoms in total. The zero-order valence-corrected chi connectivity index (χ0v) is 12.0. The van der Waals surface area contributed by atoms with Gasteiger partial charge in [0.15, 0.2) is 0 Å². The Morgan fingerprint density at radius 1 is 1.32 bits per heavy atom. The number of hydrogen-bond donors (Lipinski definition) is 1. The summed E-state index contributed by atoms with van der Waals surface area (Å²) in [7, 11) is 2.27. The molecule has 106 valence electrons. The van der Waals surface area contributed by atoms with Gasteiger partial charge in [0.25, 0.3) is 0 Å². The van der Waals surface area contributed by atoms with E-state index in [2.05, 4.69) is 33.0 Å². The molecule has 1 N–H and O–H groups in total. The van der Waals surface area contributed by atoms with Crippen molar-refractivity contribution < 1.29 is 0 Å². The van der Waals surface area contributed by atoms with Crippen molar-refractivity contribution in [3.8, 4) is 0 Å². The van der Waals surface area contributed by atoms with Crippen LogP contribution >= 0.6 is 0 Å². The minimum atomic E-state index is 0.759. The van der Waals surface area contributed by atoms with Gasteiger partial charge in [-0.2, -0.15) is 0 Å². The Bertz CT molecular complexity index is 397. The maximum atomic E-state index is 4.49. The fourth-order valence-corrected chi connectivity index (χ4v) is 3.03. The van der Waals surface area contributed by atoms with Gasteiger partial charge in [-0.25, -0.2) is 4.98 Å². The summed E-state index contributed by atoms with van der Waals surface area (Å²) in [6.45, 7) is 3.31. The Morgan fingerprint density at radius 3 is 3.00 bits per heavy atom. The lowest BCUT2D eigenvalue weighted by atomic mass is 10.0. The molecule has 1 aromatic rings. The molecule has 1 unspecified atom stereocenters. The Hall–Kier alpha value is -0.870. The molecule has 2 aliphatic rings. The van der Waals surface area contributed by atoms with E-state index in [9.17, 15) is 0 Å². The van der Waals surface area contributed by atoms with Crippen LogP contribution < -0.4 is 5.32 Å². The first kappa shape index (κ1) is 13.1. The molecule has 1 aromatic heterocycles. The fraction of sp³-hybridized carbons (Fsp3) is 0.800. The third kappa shape index (κ3) is 3.57. The zero-order chi connectivity index (χ0) is 13.1. The Balaban J connectivity index is 1.49. The van der Waals surface area contributed by atoms with Gasteiger partial charge in [0.05, 0.1) is 6.54 Å². The maximum Gasteiger partial charge on any atom is 0.122 e. The van der Waals surface area contributed by atoms with Gasteiger partial charge in [-0.1, -0.05) is 6.42 Å². The zero-order valence-electron chi connectivity index (χ0n) is 12.0. The summed E-state index contributed by atoms with van der Waals surface area (Å²) < 4.78 is 2.33. The summed E-state index contributed by atoms with van der Waals surface area (Å²) >= 11 is 0. The number of hydrogen-bond acceptors (Lipinski definition) is 3. The molecule has 0 radical (unpaired) electrons. The summed E-state index contributed by atoms with van der Waals surface area (Å²) in [5, 5.41) is 3.55. The maximum absolute atomic E-state index is 4.49. The van der Waals surface area contributed by atoms with E-state index in [0.29, 0.717) is 0 Å². The van der Waals surface area contributed by atoms with Crippen molar-refractivity contribution in [1.29, 1.82) is 0 Å². The summed E-state index contributed by atoms with van der Waals surface area (Å²) in [5.41, 5.74) is 0. The van der Waals surface area contributed by atoms with Crippen molar-refractivity contribution in [2.75, 3.05) is 13.6 Å². The predicted molar refractivity (Wildman–Crippen MR) is 77.0 cm³/mol. The van der Waals surface area contributed by atoms with Crippen molar-refractivity contribution in [1.82, 2.24) is 19.8 Å². The SMILES string of the molecule is CN1CCCCC1CCn1ccnc1CNC1CC1. The van der Waals surface area contributed by atoms with E-state index in [0.717, 1.165) is 25.2 Å². The van der Waals surface area contributed by atoms with Crippen LogP contribution in [0.3, 0.4) is 0 Å². The summed E-state index contributed by atoms with van der Waals surface area (Å²) in [6, 6.07) is 1.52. The molecule has 0 spiro atoms.